The minimum Gasteiger partial charge on any atom is -0.374 e. The first-order valence-corrected chi connectivity index (χ1v) is 12.5. The molecule has 2 aliphatic rings. The van der Waals surface area contributed by atoms with Crippen LogP contribution in [0, 0.1) is 24.2 Å². The lowest BCUT2D eigenvalue weighted by Crippen LogP contribution is -2.49. The number of likely N-dealkylation sites (tertiary alicyclic amines) is 1. The Labute approximate surface area is 194 Å². The van der Waals surface area contributed by atoms with E-state index in [-0.39, 0.29) is 29.8 Å². The number of nitrogens with zero attached hydrogens (tertiary/aromatic N) is 3. The van der Waals surface area contributed by atoms with Crippen LogP contribution < -0.4 is 5.32 Å². The minimum absolute atomic E-state index is 0.0787. The molecule has 9 heteroatoms. The van der Waals surface area contributed by atoms with Crippen LogP contribution in [0.2, 0.25) is 0 Å². The lowest BCUT2D eigenvalue weighted by Gasteiger charge is -2.34. The van der Waals surface area contributed by atoms with Crippen molar-refractivity contribution in [2.75, 3.05) is 19.6 Å². The molecular formula is C24H28N4O4S. The standard InChI is InChI=1S/C24H28N4O4S/c1-17-7-9-18(10-8-17)14-26-23(29)22-6-3-11-28(22)24(30)20-4-2-5-21(12-20)33(31,32)27-15-19(13-25)16-27/h2,4-5,7-10,12,19,22,24,30H,3,6,11,14-16H2,1H3,(H,26,29)/t22-,24?/m1/s1. The zero-order valence-electron chi connectivity index (χ0n) is 18.5. The maximum absolute atomic E-state index is 12.9. The van der Waals surface area contributed by atoms with Gasteiger partial charge in [0.25, 0.3) is 0 Å². The van der Waals surface area contributed by atoms with Gasteiger partial charge in [-0.3, -0.25) is 9.69 Å². The molecule has 2 heterocycles. The molecule has 2 aliphatic heterocycles. The number of nitrogens with one attached hydrogen (secondary N) is 1. The third kappa shape index (κ3) is 4.94. The summed E-state index contributed by atoms with van der Waals surface area (Å²) in [7, 11) is -3.72. The van der Waals surface area contributed by atoms with Crippen LogP contribution in [-0.4, -0.2) is 54.3 Å². The number of amides is 1. The van der Waals surface area contributed by atoms with E-state index in [1.807, 2.05) is 31.2 Å². The summed E-state index contributed by atoms with van der Waals surface area (Å²) in [5.41, 5.74) is 2.58. The molecule has 2 fully saturated rings. The van der Waals surface area contributed by atoms with Crippen molar-refractivity contribution in [3.8, 4) is 6.07 Å². The van der Waals surface area contributed by atoms with Crippen LogP contribution in [0.4, 0.5) is 0 Å². The van der Waals surface area contributed by atoms with Crippen molar-refractivity contribution in [3.63, 3.8) is 0 Å². The summed E-state index contributed by atoms with van der Waals surface area (Å²) < 4.78 is 27.0. The Morgan fingerprint density at radius 1 is 1.24 bits per heavy atom. The lowest BCUT2D eigenvalue weighted by atomic mass is 10.1. The molecule has 0 radical (unpaired) electrons. The van der Waals surface area contributed by atoms with Crippen molar-refractivity contribution in [2.24, 2.45) is 5.92 Å². The number of aryl methyl sites for hydroxylation is 1. The molecular weight excluding hydrogens is 440 g/mol. The van der Waals surface area contributed by atoms with Crippen molar-refractivity contribution in [2.45, 2.75) is 43.5 Å². The normalized spacial score (nSPS) is 20.7. The predicted molar refractivity (Wildman–Crippen MR) is 122 cm³/mol. The Bertz CT molecular complexity index is 1150. The lowest BCUT2D eigenvalue weighted by molar-refractivity contribution is -0.129. The van der Waals surface area contributed by atoms with Gasteiger partial charge in [-0.05, 0) is 43.0 Å². The summed E-state index contributed by atoms with van der Waals surface area (Å²) >= 11 is 0. The summed E-state index contributed by atoms with van der Waals surface area (Å²) in [5.74, 6) is -0.434. The monoisotopic (exact) mass is 468 g/mol. The van der Waals surface area contributed by atoms with E-state index in [0.29, 0.717) is 25.1 Å². The van der Waals surface area contributed by atoms with Crippen molar-refractivity contribution < 1.29 is 18.3 Å². The number of aliphatic hydroxyl groups is 1. The quantitative estimate of drug-likeness (QED) is 0.642. The molecule has 2 aromatic carbocycles. The van der Waals surface area contributed by atoms with Gasteiger partial charge < -0.3 is 10.4 Å². The van der Waals surface area contributed by atoms with Crippen LogP contribution in [0.5, 0.6) is 0 Å². The summed E-state index contributed by atoms with van der Waals surface area (Å²) in [4.78, 5) is 14.7. The van der Waals surface area contributed by atoms with Crippen molar-refractivity contribution >= 4 is 15.9 Å². The van der Waals surface area contributed by atoms with Gasteiger partial charge in [0.1, 0.15) is 6.23 Å². The molecule has 2 atom stereocenters. The highest BCUT2D eigenvalue weighted by Gasteiger charge is 2.38. The Morgan fingerprint density at radius 3 is 2.67 bits per heavy atom. The van der Waals surface area contributed by atoms with Crippen molar-refractivity contribution in [1.82, 2.24) is 14.5 Å². The van der Waals surface area contributed by atoms with E-state index in [2.05, 4.69) is 11.4 Å². The van der Waals surface area contributed by atoms with Gasteiger partial charge in [0, 0.05) is 26.2 Å². The Morgan fingerprint density at radius 2 is 1.97 bits per heavy atom. The molecule has 2 saturated heterocycles. The average molecular weight is 469 g/mol. The summed E-state index contributed by atoms with van der Waals surface area (Å²) in [6.07, 6.45) is 0.292. The van der Waals surface area contributed by atoms with E-state index in [0.717, 1.165) is 17.5 Å². The first kappa shape index (κ1) is 23.4. The van der Waals surface area contributed by atoms with Crippen LogP contribution in [0.15, 0.2) is 53.4 Å². The Hall–Kier alpha value is -2.77. The van der Waals surface area contributed by atoms with Crippen LogP contribution in [0.25, 0.3) is 0 Å². The SMILES string of the molecule is Cc1ccc(CNC(=O)[C@H]2CCCN2C(O)c2cccc(S(=O)(=O)N3CC(C#N)C3)c2)cc1. The van der Waals surface area contributed by atoms with Gasteiger partial charge >= 0.3 is 0 Å². The van der Waals surface area contributed by atoms with Crippen molar-refractivity contribution in [3.05, 3.63) is 65.2 Å². The zero-order valence-corrected chi connectivity index (χ0v) is 19.3. The molecule has 0 aliphatic carbocycles. The molecule has 0 saturated carbocycles. The highest BCUT2D eigenvalue weighted by atomic mass is 32.2. The number of rotatable bonds is 7. The van der Waals surface area contributed by atoms with Crippen LogP contribution in [0.1, 0.15) is 35.8 Å². The van der Waals surface area contributed by atoms with Gasteiger partial charge in [-0.15, -0.1) is 0 Å². The van der Waals surface area contributed by atoms with E-state index < -0.39 is 22.3 Å². The molecule has 0 bridgehead atoms. The van der Waals surface area contributed by atoms with Crippen LogP contribution >= 0.6 is 0 Å². The van der Waals surface area contributed by atoms with E-state index in [1.165, 1.54) is 16.4 Å². The van der Waals surface area contributed by atoms with E-state index in [9.17, 15) is 18.3 Å². The third-order valence-electron chi connectivity index (χ3n) is 6.32. The second-order valence-electron chi connectivity index (χ2n) is 8.69. The first-order valence-electron chi connectivity index (χ1n) is 11.1. The third-order valence-corrected chi connectivity index (χ3v) is 8.15. The topological polar surface area (TPSA) is 114 Å². The molecule has 174 valence electrons. The number of hydrogen-bond donors (Lipinski definition) is 2. The maximum Gasteiger partial charge on any atom is 0.243 e. The van der Waals surface area contributed by atoms with Gasteiger partial charge in [0.05, 0.1) is 22.9 Å². The number of carbonyl (C=O) groups is 1. The zero-order chi connectivity index (χ0) is 23.6. The highest BCUT2D eigenvalue weighted by Crippen LogP contribution is 2.31. The van der Waals surface area contributed by atoms with Crippen LogP contribution in [-0.2, 0) is 21.4 Å². The number of nitriles is 1. The van der Waals surface area contributed by atoms with E-state index >= 15 is 0 Å². The fourth-order valence-electron chi connectivity index (χ4n) is 4.27. The predicted octanol–water partition coefficient (Wildman–Crippen LogP) is 1.91. The first-order chi connectivity index (χ1) is 15.8. The average Bonchev–Trinajstić information content (AvgIpc) is 3.27. The molecule has 2 N–H and O–H groups in total. The van der Waals surface area contributed by atoms with E-state index in [1.54, 1.807) is 17.0 Å². The van der Waals surface area contributed by atoms with Gasteiger partial charge in [-0.2, -0.15) is 9.57 Å². The smallest absolute Gasteiger partial charge is 0.243 e. The molecule has 33 heavy (non-hydrogen) atoms. The largest absolute Gasteiger partial charge is 0.374 e. The van der Waals surface area contributed by atoms with Gasteiger partial charge in [-0.1, -0.05) is 42.0 Å². The van der Waals surface area contributed by atoms with Gasteiger partial charge in [-0.25, -0.2) is 8.42 Å². The number of aliphatic hydroxyl groups excluding tert-OH is 1. The molecule has 0 spiro atoms. The molecule has 1 unspecified atom stereocenters. The highest BCUT2D eigenvalue weighted by molar-refractivity contribution is 7.89. The fraction of sp³-hybridized carbons (Fsp3) is 0.417. The summed E-state index contributed by atoms with van der Waals surface area (Å²) in [6.45, 7) is 3.32. The summed E-state index contributed by atoms with van der Waals surface area (Å²) in [5, 5.41) is 22.9. The van der Waals surface area contributed by atoms with Crippen LogP contribution in [0.3, 0.4) is 0 Å². The van der Waals surface area contributed by atoms with Gasteiger partial charge in [0.15, 0.2) is 0 Å². The molecule has 4 rings (SSSR count). The Kier molecular flexibility index (Phi) is 6.81. The molecule has 1 amide bonds. The maximum atomic E-state index is 12.9. The second-order valence-corrected chi connectivity index (χ2v) is 10.6. The minimum atomic E-state index is -3.72. The second kappa shape index (κ2) is 9.61. The summed E-state index contributed by atoms with van der Waals surface area (Å²) in [6, 6.07) is 15.7. The number of benzene rings is 2. The van der Waals surface area contributed by atoms with Gasteiger partial charge in [0.2, 0.25) is 15.9 Å². The Balaban J connectivity index is 1.44. The molecule has 0 aromatic heterocycles. The van der Waals surface area contributed by atoms with Crippen molar-refractivity contribution in [1.29, 1.82) is 5.26 Å². The van der Waals surface area contributed by atoms with E-state index in [4.69, 9.17) is 5.26 Å². The molecule has 8 nitrogen and oxygen atoms in total. The number of sulfonamides is 1. The molecule has 2 aromatic rings. The number of hydrogen-bond acceptors (Lipinski definition) is 6. The fourth-order valence-corrected chi connectivity index (χ4v) is 5.85. The number of carbonyl (C=O) groups excluding carboxylic acids is 1.